The second kappa shape index (κ2) is 4.94. The Bertz CT molecular complexity index is 399. The van der Waals surface area contributed by atoms with Crippen LogP contribution in [0.25, 0.3) is 0 Å². The van der Waals surface area contributed by atoms with Gasteiger partial charge in [0.25, 0.3) is 0 Å². The smallest absolute Gasteiger partial charge is 0.335 e. The predicted molar refractivity (Wildman–Crippen MR) is 57.8 cm³/mol. The van der Waals surface area contributed by atoms with Crippen LogP contribution < -0.4 is 0 Å². The molecule has 0 radical (unpaired) electrons. The van der Waals surface area contributed by atoms with Gasteiger partial charge in [0.05, 0.1) is 5.56 Å². The third kappa shape index (κ3) is 3.06. The van der Waals surface area contributed by atoms with Crippen LogP contribution in [-0.2, 0) is 0 Å². The summed E-state index contributed by atoms with van der Waals surface area (Å²) in [5.74, 6) is -0.912. The summed E-state index contributed by atoms with van der Waals surface area (Å²) >= 11 is 5.45. The molecule has 1 rings (SSSR count). The first-order valence-corrected chi connectivity index (χ1v) is 5.02. The maximum Gasteiger partial charge on any atom is 0.335 e. The molecule has 3 nitrogen and oxygen atoms in total. The van der Waals surface area contributed by atoms with Crippen LogP contribution in [0.5, 0.6) is 0 Å². The number of hydrogen-bond acceptors (Lipinski definition) is 2. The van der Waals surface area contributed by atoms with Crippen molar-refractivity contribution in [1.29, 1.82) is 0 Å². The summed E-state index contributed by atoms with van der Waals surface area (Å²) in [7, 11) is 0. The number of ketones is 1. The van der Waals surface area contributed by atoms with Crippen LogP contribution in [0.1, 0.15) is 32.7 Å². The number of carboxylic acids is 1. The fraction of sp³-hybridized carbons (Fsp3) is 0.273. The Morgan fingerprint density at radius 1 is 1.27 bits per heavy atom. The zero-order valence-electron chi connectivity index (χ0n) is 8.29. The minimum atomic E-state index is -1.03. The van der Waals surface area contributed by atoms with Gasteiger partial charge >= 0.3 is 5.97 Å². The lowest BCUT2D eigenvalue weighted by atomic mass is 10.0. The SMILES string of the molecule is Cc1cc(C(=O)O)cc(C(=O)CCCl)c1. The Morgan fingerprint density at radius 2 is 1.87 bits per heavy atom. The summed E-state index contributed by atoms with van der Waals surface area (Å²) in [5, 5.41) is 8.81. The number of rotatable bonds is 4. The highest BCUT2D eigenvalue weighted by Crippen LogP contribution is 2.12. The van der Waals surface area contributed by atoms with Gasteiger partial charge in [0.2, 0.25) is 0 Å². The number of carbonyl (C=O) groups excluding carboxylic acids is 1. The third-order valence-corrected chi connectivity index (χ3v) is 2.16. The van der Waals surface area contributed by atoms with E-state index in [9.17, 15) is 9.59 Å². The molecule has 4 heteroatoms. The van der Waals surface area contributed by atoms with Crippen molar-refractivity contribution in [3.63, 3.8) is 0 Å². The molecule has 0 saturated carbocycles. The van der Waals surface area contributed by atoms with Crippen LogP contribution in [0.4, 0.5) is 0 Å². The van der Waals surface area contributed by atoms with Crippen LogP contribution in [-0.4, -0.2) is 22.7 Å². The van der Waals surface area contributed by atoms with E-state index in [1.54, 1.807) is 13.0 Å². The number of halogens is 1. The van der Waals surface area contributed by atoms with E-state index in [1.165, 1.54) is 12.1 Å². The molecule has 0 aromatic heterocycles. The van der Waals surface area contributed by atoms with Gasteiger partial charge in [-0.2, -0.15) is 0 Å². The number of aryl methyl sites for hydroxylation is 1. The number of alkyl halides is 1. The summed E-state index contributed by atoms with van der Waals surface area (Å²) in [4.78, 5) is 22.2. The van der Waals surface area contributed by atoms with Crippen LogP contribution >= 0.6 is 11.6 Å². The van der Waals surface area contributed by atoms with Gasteiger partial charge in [0.1, 0.15) is 0 Å². The number of benzene rings is 1. The van der Waals surface area contributed by atoms with Crippen LogP contribution in [0, 0.1) is 6.92 Å². The highest BCUT2D eigenvalue weighted by atomic mass is 35.5. The lowest BCUT2D eigenvalue weighted by molar-refractivity contribution is 0.0697. The van der Waals surface area contributed by atoms with Gasteiger partial charge in [-0.15, -0.1) is 11.6 Å². The maximum absolute atomic E-state index is 11.5. The van der Waals surface area contributed by atoms with E-state index < -0.39 is 5.97 Å². The molecule has 1 N–H and O–H groups in total. The van der Waals surface area contributed by atoms with Gasteiger partial charge < -0.3 is 5.11 Å². The molecule has 0 aliphatic carbocycles. The molecular formula is C11H11ClO3. The average molecular weight is 227 g/mol. The Hall–Kier alpha value is -1.35. The molecule has 15 heavy (non-hydrogen) atoms. The zero-order chi connectivity index (χ0) is 11.4. The van der Waals surface area contributed by atoms with Crippen LogP contribution in [0.3, 0.4) is 0 Å². The number of Topliss-reactive ketones (excluding diaryl/α,β-unsaturated/α-hetero) is 1. The fourth-order valence-corrected chi connectivity index (χ4v) is 1.47. The molecule has 0 spiro atoms. The normalized spacial score (nSPS) is 10.0. The lowest BCUT2D eigenvalue weighted by Gasteiger charge is -2.03. The predicted octanol–water partition coefficient (Wildman–Crippen LogP) is 2.50. The highest BCUT2D eigenvalue weighted by molar-refractivity contribution is 6.19. The molecule has 1 aromatic carbocycles. The topological polar surface area (TPSA) is 54.4 Å². The first-order chi connectivity index (χ1) is 7.04. The summed E-state index contributed by atoms with van der Waals surface area (Å²) < 4.78 is 0. The van der Waals surface area contributed by atoms with E-state index in [2.05, 4.69) is 0 Å². The molecule has 0 amide bonds. The van der Waals surface area contributed by atoms with Gasteiger partial charge in [-0.25, -0.2) is 4.79 Å². The minimum absolute atomic E-state index is 0.129. The standard InChI is InChI=1S/C11H11ClO3/c1-7-4-8(10(13)2-3-12)6-9(5-7)11(14)15/h4-6H,2-3H2,1H3,(H,14,15). The minimum Gasteiger partial charge on any atom is -0.478 e. The Kier molecular flexibility index (Phi) is 3.86. The lowest BCUT2D eigenvalue weighted by Crippen LogP contribution is -2.04. The fourth-order valence-electron chi connectivity index (χ4n) is 1.30. The monoisotopic (exact) mass is 226 g/mol. The van der Waals surface area contributed by atoms with Crippen molar-refractivity contribution in [3.05, 3.63) is 34.9 Å². The van der Waals surface area contributed by atoms with Gasteiger partial charge in [-0.05, 0) is 30.7 Å². The second-order valence-corrected chi connectivity index (χ2v) is 3.63. The van der Waals surface area contributed by atoms with Crippen molar-refractivity contribution in [1.82, 2.24) is 0 Å². The number of carboxylic acid groups (broad SMARTS) is 1. The summed E-state index contributed by atoms with van der Waals surface area (Å²) in [6.45, 7) is 1.75. The molecular weight excluding hydrogens is 216 g/mol. The van der Waals surface area contributed by atoms with Crippen LogP contribution in [0.2, 0.25) is 0 Å². The van der Waals surface area contributed by atoms with E-state index >= 15 is 0 Å². The summed E-state index contributed by atoms with van der Waals surface area (Å²) in [5.41, 5.74) is 1.30. The molecule has 0 heterocycles. The third-order valence-electron chi connectivity index (χ3n) is 1.97. The zero-order valence-corrected chi connectivity index (χ0v) is 9.04. The number of aromatic carboxylic acids is 1. The molecule has 0 fully saturated rings. The number of carbonyl (C=O) groups is 2. The van der Waals surface area contributed by atoms with Crippen molar-refractivity contribution < 1.29 is 14.7 Å². The van der Waals surface area contributed by atoms with Gasteiger partial charge in [-0.3, -0.25) is 4.79 Å². The van der Waals surface area contributed by atoms with Crippen molar-refractivity contribution in [2.45, 2.75) is 13.3 Å². The highest BCUT2D eigenvalue weighted by Gasteiger charge is 2.10. The van der Waals surface area contributed by atoms with Gasteiger partial charge in [0, 0.05) is 17.9 Å². The molecule has 0 aliphatic rings. The van der Waals surface area contributed by atoms with Gasteiger partial charge in [-0.1, -0.05) is 0 Å². The Balaban J connectivity index is 3.09. The first-order valence-electron chi connectivity index (χ1n) is 4.48. The Morgan fingerprint density at radius 3 is 2.40 bits per heavy atom. The first kappa shape index (κ1) is 11.7. The van der Waals surface area contributed by atoms with Gasteiger partial charge in [0.15, 0.2) is 5.78 Å². The van der Waals surface area contributed by atoms with E-state index in [-0.39, 0.29) is 23.6 Å². The van der Waals surface area contributed by atoms with Crippen LogP contribution in [0.15, 0.2) is 18.2 Å². The van der Waals surface area contributed by atoms with Crippen molar-refractivity contribution in [3.8, 4) is 0 Å². The van der Waals surface area contributed by atoms with Crippen molar-refractivity contribution in [2.24, 2.45) is 0 Å². The maximum atomic E-state index is 11.5. The molecule has 0 atom stereocenters. The Labute approximate surface area is 92.7 Å². The quantitative estimate of drug-likeness (QED) is 0.634. The van der Waals surface area contributed by atoms with E-state index in [1.807, 2.05) is 0 Å². The van der Waals surface area contributed by atoms with E-state index in [0.29, 0.717) is 5.56 Å². The molecule has 0 saturated heterocycles. The van der Waals surface area contributed by atoms with Crippen molar-refractivity contribution in [2.75, 3.05) is 5.88 Å². The summed E-state index contributed by atoms with van der Waals surface area (Å²) in [6.07, 6.45) is 0.226. The largest absolute Gasteiger partial charge is 0.478 e. The number of hydrogen-bond donors (Lipinski definition) is 1. The van der Waals surface area contributed by atoms with E-state index in [4.69, 9.17) is 16.7 Å². The molecule has 0 aliphatic heterocycles. The van der Waals surface area contributed by atoms with E-state index in [0.717, 1.165) is 5.56 Å². The van der Waals surface area contributed by atoms with Crippen molar-refractivity contribution >= 4 is 23.4 Å². The molecule has 0 unspecified atom stereocenters. The molecule has 80 valence electrons. The molecule has 1 aromatic rings. The summed E-state index contributed by atoms with van der Waals surface area (Å²) in [6, 6.07) is 4.57. The molecule has 0 bridgehead atoms. The average Bonchev–Trinajstić information content (AvgIpc) is 2.17. The second-order valence-electron chi connectivity index (χ2n) is 3.26.